The Kier molecular flexibility index (Phi) is 2.74. The van der Waals surface area contributed by atoms with E-state index in [0.717, 1.165) is 18.3 Å². The zero-order valence-electron chi connectivity index (χ0n) is 10.3. The van der Waals surface area contributed by atoms with E-state index in [9.17, 15) is 4.79 Å². The molecular formula is C14H22O. The van der Waals surface area contributed by atoms with Crippen molar-refractivity contribution in [2.45, 2.75) is 40.5 Å². The van der Waals surface area contributed by atoms with Gasteiger partial charge < -0.3 is 0 Å². The van der Waals surface area contributed by atoms with Crippen LogP contribution in [0.25, 0.3) is 0 Å². The van der Waals surface area contributed by atoms with E-state index < -0.39 is 0 Å². The Labute approximate surface area is 92.9 Å². The van der Waals surface area contributed by atoms with Crippen LogP contribution in [-0.2, 0) is 4.79 Å². The van der Waals surface area contributed by atoms with E-state index in [1.807, 2.05) is 0 Å². The lowest BCUT2D eigenvalue weighted by Gasteiger charge is -2.46. The molecule has 0 spiro atoms. The summed E-state index contributed by atoms with van der Waals surface area (Å²) in [5.41, 5.74) is 1.48. The van der Waals surface area contributed by atoms with Crippen LogP contribution in [0.5, 0.6) is 0 Å². The maximum atomic E-state index is 11.6. The molecule has 4 atom stereocenters. The number of Topliss-reactive ketones (excluding diaryl/α,β-unsaturated/α-hetero) is 1. The third-order valence-corrected chi connectivity index (χ3v) is 4.53. The molecule has 0 amide bonds. The minimum Gasteiger partial charge on any atom is -0.300 e. The van der Waals surface area contributed by atoms with Crippen molar-refractivity contribution in [3.8, 4) is 0 Å². The lowest BCUT2D eigenvalue weighted by molar-refractivity contribution is -0.124. The zero-order valence-corrected chi connectivity index (χ0v) is 10.3. The van der Waals surface area contributed by atoms with Crippen LogP contribution in [0, 0.1) is 29.6 Å². The fourth-order valence-corrected chi connectivity index (χ4v) is 3.64. The first kappa shape index (κ1) is 10.9. The van der Waals surface area contributed by atoms with Crippen molar-refractivity contribution in [3.63, 3.8) is 0 Å². The molecule has 3 aliphatic carbocycles. The molecule has 0 saturated heterocycles. The fourth-order valence-electron chi connectivity index (χ4n) is 3.64. The summed E-state index contributed by atoms with van der Waals surface area (Å²) < 4.78 is 0. The molecule has 0 aliphatic heterocycles. The van der Waals surface area contributed by atoms with Crippen LogP contribution >= 0.6 is 0 Å². The third-order valence-electron chi connectivity index (χ3n) is 4.53. The number of carbonyl (C=O) groups excluding carboxylic acids is 1. The lowest BCUT2D eigenvalue weighted by atomic mass is 9.58. The van der Waals surface area contributed by atoms with Crippen molar-refractivity contribution in [2.75, 3.05) is 0 Å². The highest BCUT2D eigenvalue weighted by molar-refractivity contribution is 5.79. The molecule has 0 radical (unpaired) electrons. The number of ketones is 1. The molecular weight excluding hydrogens is 184 g/mol. The van der Waals surface area contributed by atoms with Crippen molar-refractivity contribution in [2.24, 2.45) is 29.6 Å². The van der Waals surface area contributed by atoms with Gasteiger partial charge in [0.25, 0.3) is 0 Å². The quantitative estimate of drug-likeness (QED) is 0.632. The van der Waals surface area contributed by atoms with Crippen LogP contribution in [-0.4, -0.2) is 5.78 Å². The van der Waals surface area contributed by atoms with Crippen LogP contribution < -0.4 is 0 Å². The van der Waals surface area contributed by atoms with Crippen molar-refractivity contribution in [1.29, 1.82) is 0 Å². The molecule has 15 heavy (non-hydrogen) atoms. The van der Waals surface area contributed by atoms with Crippen molar-refractivity contribution in [1.82, 2.24) is 0 Å². The number of allylic oxidation sites excluding steroid dienone is 2. The minimum atomic E-state index is 0.329. The molecule has 3 rings (SSSR count). The van der Waals surface area contributed by atoms with Crippen molar-refractivity contribution < 1.29 is 4.79 Å². The Morgan fingerprint density at radius 3 is 2.53 bits per heavy atom. The minimum absolute atomic E-state index is 0.329. The first-order chi connectivity index (χ1) is 7.00. The summed E-state index contributed by atoms with van der Waals surface area (Å²) in [6.45, 7) is 8.61. The first-order valence-electron chi connectivity index (χ1n) is 6.19. The number of hydrogen-bond donors (Lipinski definition) is 0. The second kappa shape index (κ2) is 3.77. The van der Waals surface area contributed by atoms with Gasteiger partial charge in [-0.25, -0.2) is 0 Å². The number of rotatable bonds is 2. The van der Waals surface area contributed by atoms with Crippen LogP contribution in [0.4, 0.5) is 0 Å². The molecule has 84 valence electrons. The van der Waals surface area contributed by atoms with Crippen LogP contribution in [0.1, 0.15) is 40.5 Å². The van der Waals surface area contributed by atoms with Crippen molar-refractivity contribution in [3.05, 3.63) is 11.6 Å². The van der Waals surface area contributed by atoms with Gasteiger partial charge in [-0.2, -0.15) is 0 Å². The Balaban J connectivity index is 2.23. The molecule has 1 fully saturated rings. The van der Waals surface area contributed by atoms with Gasteiger partial charge in [0, 0.05) is 5.92 Å². The van der Waals surface area contributed by atoms with Gasteiger partial charge in [-0.15, -0.1) is 0 Å². The molecule has 2 bridgehead atoms. The molecule has 3 aliphatic rings. The SMILES string of the molecule is CC(=O)[C@@H]1C[C@@H]2C=C(C)[C@H]1C[C@H]2C(C)C. The van der Waals surface area contributed by atoms with Gasteiger partial charge in [-0.05, 0) is 50.4 Å². The predicted molar refractivity (Wildman–Crippen MR) is 62.5 cm³/mol. The highest BCUT2D eigenvalue weighted by Crippen LogP contribution is 2.49. The van der Waals surface area contributed by atoms with E-state index in [2.05, 4.69) is 26.8 Å². The van der Waals surface area contributed by atoms with Gasteiger partial charge in [-0.1, -0.05) is 25.5 Å². The number of carbonyl (C=O) groups is 1. The second-order valence-corrected chi connectivity index (χ2v) is 5.78. The van der Waals surface area contributed by atoms with Gasteiger partial charge in [-0.3, -0.25) is 4.79 Å². The van der Waals surface area contributed by atoms with E-state index in [-0.39, 0.29) is 0 Å². The van der Waals surface area contributed by atoms with E-state index in [1.54, 1.807) is 6.92 Å². The molecule has 0 aromatic carbocycles. The first-order valence-corrected chi connectivity index (χ1v) is 6.19. The summed E-state index contributed by atoms with van der Waals surface area (Å²) in [6, 6.07) is 0. The molecule has 1 nitrogen and oxygen atoms in total. The third kappa shape index (κ3) is 1.77. The van der Waals surface area contributed by atoms with Crippen LogP contribution in [0.3, 0.4) is 0 Å². The molecule has 0 heterocycles. The molecule has 1 heteroatoms. The zero-order chi connectivity index (χ0) is 11.2. The maximum absolute atomic E-state index is 11.6. The molecule has 0 N–H and O–H groups in total. The predicted octanol–water partition coefficient (Wildman–Crippen LogP) is 3.45. The van der Waals surface area contributed by atoms with Crippen molar-refractivity contribution >= 4 is 5.78 Å². The standard InChI is InChI=1S/C14H22O/c1-8(2)12-7-13-9(3)5-11(12)6-14(13)10(4)15/h5,8,11-14H,6-7H2,1-4H3/t11-,12-,13+,14-/m0/s1. The largest absolute Gasteiger partial charge is 0.300 e. The fraction of sp³-hybridized carbons (Fsp3) is 0.786. The number of fused-ring (bicyclic) bond motifs is 2. The Morgan fingerprint density at radius 2 is 2.07 bits per heavy atom. The topological polar surface area (TPSA) is 17.1 Å². The number of hydrogen-bond acceptors (Lipinski definition) is 1. The average Bonchev–Trinajstić information content (AvgIpc) is 2.16. The van der Waals surface area contributed by atoms with Gasteiger partial charge in [0.1, 0.15) is 5.78 Å². The van der Waals surface area contributed by atoms with Crippen LogP contribution in [0.2, 0.25) is 0 Å². The smallest absolute Gasteiger partial charge is 0.133 e. The van der Waals surface area contributed by atoms with E-state index in [0.29, 0.717) is 23.5 Å². The summed E-state index contributed by atoms with van der Waals surface area (Å²) >= 11 is 0. The maximum Gasteiger partial charge on any atom is 0.133 e. The summed E-state index contributed by atoms with van der Waals surface area (Å²) in [7, 11) is 0. The van der Waals surface area contributed by atoms with E-state index in [1.165, 1.54) is 12.0 Å². The van der Waals surface area contributed by atoms with Gasteiger partial charge in [0.15, 0.2) is 0 Å². The summed E-state index contributed by atoms with van der Waals surface area (Å²) in [6.07, 6.45) is 4.80. The van der Waals surface area contributed by atoms with E-state index >= 15 is 0 Å². The van der Waals surface area contributed by atoms with Crippen LogP contribution in [0.15, 0.2) is 11.6 Å². The average molecular weight is 206 g/mol. The normalized spacial score (nSPS) is 39.4. The summed E-state index contributed by atoms with van der Waals surface area (Å²) in [5.74, 6) is 3.53. The summed E-state index contributed by atoms with van der Waals surface area (Å²) in [5, 5.41) is 0. The van der Waals surface area contributed by atoms with E-state index in [4.69, 9.17) is 0 Å². The monoisotopic (exact) mass is 206 g/mol. The second-order valence-electron chi connectivity index (χ2n) is 5.78. The molecule has 0 aromatic rings. The lowest BCUT2D eigenvalue weighted by Crippen LogP contribution is -2.41. The Morgan fingerprint density at radius 1 is 1.40 bits per heavy atom. The van der Waals surface area contributed by atoms with Gasteiger partial charge in [0.2, 0.25) is 0 Å². The molecule has 0 aromatic heterocycles. The highest BCUT2D eigenvalue weighted by Gasteiger charge is 2.43. The summed E-state index contributed by atoms with van der Waals surface area (Å²) in [4.78, 5) is 11.6. The molecule has 1 saturated carbocycles. The van der Waals surface area contributed by atoms with Gasteiger partial charge >= 0.3 is 0 Å². The Hall–Kier alpha value is -0.590. The highest BCUT2D eigenvalue weighted by atomic mass is 16.1. The molecule has 0 unspecified atom stereocenters. The Bertz CT molecular complexity index is 300. The van der Waals surface area contributed by atoms with Gasteiger partial charge in [0.05, 0.1) is 0 Å².